The summed E-state index contributed by atoms with van der Waals surface area (Å²) < 4.78 is 18.2. The number of ether oxygens (including phenoxy) is 1. The van der Waals surface area contributed by atoms with Crippen LogP contribution < -0.4 is 11.1 Å². The van der Waals surface area contributed by atoms with Crippen LogP contribution in [-0.4, -0.2) is 31.2 Å². The van der Waals surface area contributed by atoms with E-state index in [-0.39, 0.29) is 11.7 Å². The van der Waals surface area contributed by atoms with E-state index in [9.17, 15) is 9.18 Å². The molecule has 1 aliphatic rings. The molecule has 1 heterocycles. The highest BCUT2D eigenvalue weighted by Crippen LogP contribution is 2.17. The Morgan fingerprint density at radius 1 is 1.42 bits per heavy atom. The van der Waals surface area contributed by atoms with E-state index in [1.54, 1.807) is 6.07 Å². The molecular weight excluding hydrogens is 247 g/mol. The Balaban J connectivity index is 1.80. The second kappa shape index (κ2) is 6.12. The van der Waals surface area contributed by atoms with Crippen LogP contribution in [0.25, 0.3) is 0 Å². The lowest BCUT2D eigenvalue weighted by Crippen LogP contribution is -2.57. The van der Waals surface area contributed by atoms with Crippen LogP contribution in [0.15, 0.2) is 24.3 Å². The summed E-state index contributed by atoms with van der Waals surface area (Å²) >= 11 is 0. The second-order valence-corrected chi connectivity index (χ2v) is 4.90. The number of hydrogen-bond donors (Lipinski definition) is 2. The fourth-order valence-electron chi connectivity index (χ4n) is 2.15. The van der Waals surface area contributed by atoms with Crippen molar-refractivity contribution < 1.29 is 13.9 Å². The van der Waals surface area contributed by atoms with Crippen LogP contribution in [0, 0.1) is 5.82 Å². The third-order valence-corrected chi connectivity index (χ3v) is 3.43. The van der Waals surface area contributed by atoms with Gasteiger partial charge < -0.3 is 15.8 Å². The lowest BCUT2D eigenvalue weighted by atomic mass is 9.90. The molecule has 0 aliphatic carbocycles. The highest BCUT2D eigenvalue weighted by Gasteiger charge is 2.35. The molecule has 19 heavy (non-hydrogen) atoms. The van der Waals surface area contributed by atoms with Crippen LogP contribution in [0.1, 0.15) is 18.4 Å². The van der Waals surface area contributed by atoms with Crippen molar-refractivity contribution in [2.75, 3.05) is 19.8 Å². The molecule has 0 bridgehead atoms. The zero-order valence-corrected chi connectivity index (χ0v) is 10.8. The van der Waals surface area contributed by atoms with Crippen molar-refractivity contribution in [3.63, 3.8) is 0 Å². The van der Waals surface area contributed by atoms with Crippen molar-refractivity contribution in [3.05, 3.63) is 35.6 Å². The first kappa shape index (κ1) is 14.0. The summed E-state index contributed by atoms with van der Waals surface area (Å²) in [5, 5.41) is 2.82. The van der Waals surface area contributed by atoms with Crippen molar-refractivity contribution in [2.24, 2.45) is 5.73 Å². The molecule has 0 saturated carbocycles. The first-order valence-electron chi connectivity index (χ1n) is 6.49. The minimum absolute atomic E-state index is 0.146. The Kier molecular flexibility index (Phi) is 4.50. The van der Waals surface area contributed by atoms with E-state index in [1.165, 1.54) is 12.1 Å². The van der Waals surface area contributed by atoms with Gasteiger partial charge in [0, 0.05) is 19.8 Å². The third kappa shape index (κ3) is 3.75. The minimum atomic E-state index is -0.819. The summed E-state index contributed by atoms with van der Waals surface area (Å²) in [6.45, 7) is 1.50. The number of carbonyl (C=O) groups excluding carboxylic acids is 1. The lowest BCUT2D eigenvalue weighted by Gasteiger charge is -2.31. The van der Waals surface area contributed by atoms with Crippen molar-refractivity contribution in [1.29, 1.82) is 0 Å². The van der Waals surface area contributed by atoms with Crippen molar-refractivity contribution in [1.82, 2.24) is 5.32 Å². The van der Waals surface area contributed by atoms with Gasteiger partial charge in [-0.05, 0) is 37.0 Å². The first-order valence-corrected chi connectivity index (χ1v) is 6.49. The molecule has 0 unspecified atom stereocenters. The normalized spacial score (nSPS) is 18.0. The highest BCUT2D eigenvalue weighted by molar-refractivity contribution is 5.86. The van der Waals surface area contributed by atoms with Gasteiger partial charge in [0.15, 0.2) is 0 Å². The van der Waals surface area contributed by atoms with Crippen molar-refractivity contribution >= 4 is 5.91 Å². The Labute approximate surface area is 112 Å². The van der Waals surface area contributed by atoms with Crippen molar-refractivity contribution in [2.45, 2.75) is 24.8 Å². The maximum absolute atomic E-state index is 13.0. The number of nitrogens with one attached hydrogen (secondary N) is 1. The SMILES string of the molecule is NC1(C(=O)NCCc2cccc(F)c2)CCOCC1. The van der Waals surface area contributed by atoms with Gasteiger partial charge in [0.2, 0.25) is 5.91 Å². The number of carbonyl (C=O) groups is 1. The molecule has 0 spiro atoms. The predicted octanol–water partition coefficient (Wildman–Crippen LogP) is 0.992. The van der Waals surface area contributed by atoms with Gasteiger partial charge in [0.25, 0.3) is 0 Å². The zero-order valence-electron chi connectivity index (χ0n) is 10.8. The van der Waals surface area contributed by atoms with Gasteiger partial charge in [-0.3, -0.25) is 4.79 Å². The molecule has 1 amide bonds. The van der Waals surface area contributed by atoms with E-state index >= 15 is 0 Å². The number of halogens is 1. The van der Waals surface area contributed by atoms with Crippen LogP contribution in [-0.2, 0) is 16.0 Å². The van der Waals surface area contributed by atoms with Gasteiger partial charge in [-0.1, -0.05) is 12.1 Å². The third-order valence-electron chi connectivity index (χ3n) is 3.43. The summed E-state index contributed by atoms with van der Waals surface area (Å²) in [5.74, 6) is -0.407. The van der Waals surface area contributed by atoms with Crippen molar-refractivity contribution in [3.8, 4) is 0 Å². The van der Waals surface area contributed by atoms with Gasteiger partial charge in [-0.2, -0.15) is 0 Å². The molecule has 5 heteroatoms. The summed E-state index contributed by atoms with van der Waals surface area (Å²) in [6, 6.07) is 6.37. The minimum Gasteiger partial charge on any atom is -0.381 e. The van der Waals surface area contributed by atoms with Crippen LogP contribution in [0.2, 0.25) is 0 Å². The van der Waals surface area contributed by atoms with Gasteiger partial charge >= 0.3 is 0 Å². The molecule has 1 aliphatic heterocycles. The van der Waals surface area contributed by atoms with E-state index in [2.05, 4.69) is 5.32 Å². The number of nitrogens with two attached hydrogens (primary N) is 1. The van der Waals surface area contributed by atoms with E-state index in [4.69, 9.17) is 10.5 Å². The van der Waals surface area contributed by atoms with Gasteiger partial charge in [0.05, 0.1) is 5.54 Å². The standard InChI is InChI=1S/C14H19FN2O2/c15-12-3-1-2-11(10-12)4-7-17-13(18)14(16)5-8-19-9-6-14/h1-3,10H,4-9,16H2,(H,17,18). The molecule has 3 N–H and O–H groups in total. The number of benzene rings is 1. The smallest absolute Gasteiger partial charge is 0.240 e. The molecule has 0 atom stereocenters. The predicted molar refractivity (Wildman–Crippen MR) is 70.1 cm³/mol. The van der Waals surface area contributed by atoms with E-state index in [1.807, 2.05) is 6.07 Å². The monoisotopic (exact) mass is 266 g/mol. The van der Waals surface area contributed by atoms with Gasteiger partial charge in [-0.25, -0.2) is 4.39 Å². The van der Waals surface area contributed by atoms with Gasteiger partial charge in [-0.15, -0.1) is 0 Å². The molecule has 0 aromatic heterocycles. The van der Waals surface area contributed by atoms with Crippen LogP contribution in [0.5, 0.6) is 0 Å². The Hall–Kier alpha value is -1.46. The summed E-state index contributed by atoms with van der Waals surface area (Å²) in [6.07, 6.45) is 1.67. The second-order valence-electron chi connectivity index (χ2n) is 4.90. The first-order chi connectivity index (χ1) is 9.10. The number of rotatable bonds is 4. The molecule has 2 rings (SSSR count). The Morgan fingerprint density at radius 2 is 2.16 bits per heavy atom. The van der Waals surface area contributed by atoms with Crippen LogP contribution >= 0.6 is 0 Å². The quantitative estimate of drug-likeness (QED) is 0.854. The Morgan fingerprint density at radius 3 is 2.84 bits per heavy atom. The molecule has 1 aromatic carbocycles. The largest absolute Gasteiger partial charge is 0.381 e. The molecule has 4 nitrogen and oxygen atoms in total. The van der Waals surface area contributed by atoms with Gasteiger partial charge in [0.1, 0.15) is 5.82 Å². The van der Waals surface area contributed by atoms with Crippen LogP contribution in [0.3, 0.4) is 0 Å². The molecule has 1 aromatic rings. The number of hydrogen-bond acceptors (Lipinski definition) is 3. The van der Waals surface area contributed by atoms with Crippen LogP contribution in [0.4, 0.5) is 4.39 Å². The fourth-order valence-corrected chi connectivity index (χ4v) is 2.15. The average molecular weight is 266 g/mol. The topological polar surface area (TPSA) is 64.4 Å². The van der Waals surface area contributed by atoms with E-state index < -0.39 is 5.54 Å². The maximum atomic E-state index is 13.0. The van der Waals surface area contributed by atoms with E-state index in [0.717, 1.165) is 5.56 Å². The Bertz CT molecular complexity index is 445. The average Bonchev–Trinajstić information content (AvgIpc) is 2.39. The molecule has 1 fully saturated rings. The lowest BCUT2D eigenvalue weighted by molar-refractivity contribution is -0.129. The molecule has 1 saturated heterocycles. The highest BCUT2D eigenvalue weighted by atomic mass is 19.1. The van der Waals surface area contributed by atoms with E-state index in [0.29, 0.717) is 39.0 Å². The molecular formula is C14H19FN2O2. The summed E-state index contributed by atoms with van der Waals surface area (Å²) in [7, 11) is 0. The summed E-state index contributed by atoms with van der Waals surface area (Å²) in [4.78, 5) is 12.0. The molecule has 104 valence electrons. The molecule has 0 radical (unpaired) electrons. The maximum Gasteiger partial charge on any atom is 0.240 e. The zero-order chi connectivity index (χ0) is 13.7. The fraction of sp³-hybridized carbons (Fsp3) is 0.500. The number of amides is 1. The summed E-state index contributed by atoms with van der Waals surface area (Å²) in [5.41, 5.74) is 6.09.